The number of nitrogens with zero attached hydrogens (tertiary/aromatic N) is 2. The Hall–Kier alpha value is -1.71. The largest absolute Gasteiger partial charge is 0.352 e. The lowest BCUT2D eigenvalue weighted by molar-refractivity contribution is -0.139. The summed E-state index contributed by atoms with van der Waals surface area (Å²) in [6, 6.07) is 8.31. The van der Waals surface area contributed by atoms with Gasteiger partial charge in [-0.1, -0.05) is 65.3 Å². The van der Waals surface area contributed by atoms with E-state index in [-0.39, 0.29) is 34.2 Å². The van der Waals surface area contributed by atoms with E-state index in [0.29, 0.717) is 15.6 Å². The third kappa shape index (κ3) is 7.42. The summed E-state index contributed by atoms with van der Waals surface area (Å²) >= 11 is 24.7. The highest BCUT2D eigenvalue weighted by Gasteiger charge is 2.32. The molecule has 0 bridgehead atoms. The maximum absolute atomic E-state index is 13.6. The van der Waals surface area contributed by atoms with Crippen LogP contribution >= 0.6 is 46.4 Å². The molecule has 1 atom stereocenters. The number of hydrogen-bond acceptors (Lipinski definition) is 4. The average molecular weight is 595 g/mol. The van der Waals surface area contributed by atoms with Crippen molar-refractivity contribution in [3.63, 3.8) is 0 Å². The molecule has 0 saturated heterocycles. The number of carbonyl (C=O) groups is 2. The minimum Gasteiger partial charge on any atom is -0.352 e. The zero-order valence-electron chi connectivity index (χ0n) is 19.8. The molecule has 3 rings (SSSR count). The Morgan fingerprint density at radius 1 is 1.00 bits per heavy atom. The summed E-state index contributed by atoms with van der Waals surface area (Å²) in [6.07, 6.45) is 4.79. The molecule has 0 unspecified atom stereocenters. The van der Waals surface area contributed by atoms with Gasteiger partial charge in [0, 0.05) is 27.7 Å². The molecule has 0 heterocycles. The first-order valence-corrected chi connectivity index (χ1v) is 14.7. The van der Waals surface area contributed by atoms with Crippen molar-refractivity contribution in [2.24, 2.45) is 0 Å². The smallest absolute Gasteiger partial charge is 0.244 e. The minimum atomic E-state index is -3.94. The molecule has 1 aliphatic carbocycles. The van der Waals surface area contributed by atoms with E-state index >= 15 is 0 Å². The first-order valence-electron chi connectivity index (χ1n) is 11.3. The van der Waals surface area contributed by atoms with Crippen molar-refractivity contribution in [2.75, 3.05) is 17.1 Å². The van der Waals surface area contributed by atoms with Crippen LogP contribution in [0, 0.1) is 0 Å². The Morgan fingerprint density at radius 2 is 1.61 bits per heavy atom. The van der Waals surface area contributed by atoms with Crippen molar-refractivity contribution in [2.45, 2.75) is 51.2 Å². The number of amides is 2. The van der Waals surface area contributed by atoms with E-state index in [0.717, 1.165) is 36.2 Å². The lowest BCUT2D eigenvalue weighted by Gasteiger charge is -2.32. The molecular formula is C24H27Cl4N3O4S. The molecule has 196 valence electrons. The standard InChI is InChI=1S/C24H27Cl4N3O4S/c1-15(24(33)29-19-5-3-4-6-19)30(13-16-7-8-17(25)11-21(16)28)23(32)14-31(36(2,34)35)22-12-18(26)9-10-20(22)27/h7-12,15,19H,3-6,13-14H2,1-2H3,(H,29,33)/t15-/m1/s1. The second kappa shape index (κ2) is 12.2. The van der Waals surface area contributed by atoms with Gasteiger partial charge in [0.15, 0.2) is 0 Å². The number of carbonyl (C=O) groups excluding carboxylic acids is 2. The number of hydrogen-bond donors (Lipinski definition) is 1. The first-order chi connectivity index (χ1) is 16.9. The second-order valence-corrected chi connectivity index (χ2v) is 12.4. The predicted octanol–water partition coefficient (Wildman–Crippen LogP) is 5.54. The monoisotopic (exact) mass is 593 g/mol. The summed E-state index contributed by atoms with van der Waals surface area (Å²) < 4.78 is 26.2. The van der Waals surface area contributed by atoms with Gasteiger partial charge < -0.3 is 10.2 Å². The third-order valence-electron chi connectivity index (χ3n) is 6.08. The van der Waals surface area contributed by atoms with Crippen LogP contribution in [0.1, 0.15) is 38.2 Å². The molecule has 7 nitrogen and oxygen atoms in total. The quantitative estimate of drug-likeness (QED) is 0.413. The number of nitrogens with one attached hydrogen (secondary N) is 1. The van der Waals surface area contributed by atoms with E-state index in [9.17, 15) is 18.0 Å². The summed E-state index contributed by atoms with van der Waals surface area (Å²) in [7, 11) is -3.94. The van der Waals surface area contributed by atoms with E-state index in [1.165, 1.54) is 23.1 Å². The van der Waals surface area contributed by atoms with Crippen LogP contribution in [0.3, 0.4) is 0 Å². The van der Waals surface area contributed by atoms with E-state index < -0.39 is 28.5 Å². The Morgan fingerprint density at radius 3 is 2.22 bits per heavy atom. The predicted molar refractivity (Wildman–Crippen MR) is 146 cm³/mol. The molecule has 1 fully saturated rings. The molecule has 0 aliphatic heterocycles. The highest BCUT2D eigenvalue weighted by atomic mass is 35.5. The number of sulfonamides is 1. The van der Waals surface area contributed by atoms with Crippen molar-refractivity contribution in [3.05, 3.63) is 62.1 Å². The number of anilines is 1. The fourth-order valence-corrected chi connectivity index (χ4v) is 5.84. The van der Waals surface area contributed by atoms with Gasteiger partial charge in [0.05, 0.1) is 17.0 Å². The maximum Gasteiger partial charge on any atom is 0.244 e. The van der Waals surface area contributed by atoms with Crippen LogP contribution < -0.4 is 9.62 Å². The molecule has 0 aromatic heterocycles. The molecule has 36 heavy (non-hydrogen) atoms. The fourth-order valence-electron chi connectivity index (χ4n) is 4.08. The SMILES string of the molecule is C[C@H](C(=O)NC1CCCC1)N(Cc1ccc(Cl)cc1Cl)C(=O)CN(c1cc(Cl)ccc1Cl)S(C)(=O)=O. The molecule has 2 aromatic rings. The van der Waals surface area contributed by atoms with Crippen LogP contribution in [0.5, 0.6) is 0 Å². The summed E-state index contributed by atoms with van der Waals surface area (Å²) in [4.78, 5) is 28.0. The van der Waals surface area contributed by atoms with Gasteiger partial charge in [-0.15, -0.1) is 0 Å². The maximum atomic E-state index is 13.6. The zero-order chi connectivity index (χ0) is 26.6. The van der Waals surface area contributed by atoms with Gasteiger partial charge in [-0.2, -0.15) is 0 Å². The number of benzene rings is 2. The molecule has 2 aromatic carbocycles. The average Bonchev–Trinajstić information content (AvgIpc) is 3.30. The van der Waals surface area contributed by atoms with E-state index in [2.05, 4.69) is 5.32 Å². The lowest BCUT2D eigenvalue weighted by Crippen LogP contribution is -2.52. The molecule has 1 aliphatic rings. The van der Waals surface area contributed by atoms with Crippen molar-refractivity contribution in [1.82, 2.24) is 10.2 Å². The van der Waals surface area contributed by atoms with Gasteiger partial charge >= 0.3 is 0 Å². The van der Waals surface area contributed by atoms with E-state index in [1.807, 2.05) is 0 Å². The summed E-state index contributed by atoms with van der Waals surface area (Å²) in [5, 5.41) is 4.11. The molecular weight excluding hydrogens is 568 g/mol. The molecule has 0 spiro atoms. The van der Waals surface area contributed by atoms with Crippen LogP contribution in [-0.2, 0) is 26.2 Å². The van der Waals surface area contributed by atoms with Gasteiger partial charge in [0.2, 0.25) is 21.8 Å². The molecule has 0 radical (unpaired) electrons. The van der Waals surface area contributed by atoms with Crippen molar-refractivity contribution >= 4 is 73.9 Å². The van der Waals surface area contributed by atoms with Gasteiger partial charge in [0.25, 0.3) is 0 Å². The lowest BCUT2D eigenvalue weighted by atomic mass is 10.1. The normalized spacial score (nSPS) is 14.9. The molecule has 12 heteroatoms. The molecule has 1 saturated carbocycles. The van der Waals surface area contributed by atoms with Gasteiger partial charge in [0.1, 0.15) is 12.6 Å². The summed E-state index contributed by atoms with van der Waals surface area (Å²) in [5.74, 6) is -0.941. The van der Waals surface area contributed by atoms with Crippen LogP contribution in [0.4, 0.5) is 5.69 Å². The summed E-state index contributed by atoms with van der Waals surface area (Å²) in [5.41, 5.74) is 0.620. The number of halogens is 4. The van der Waals surface area contributed by atoms with Gasteiger partial charge in [-0.3, -0.25) is 13.9 Å². The van der Waals surface area contributed by atoms with Crippen molar-refractivity contribution < 1.29 is 18.0 Å². The van der Waals surface area contributed by atoms with Crippen LogP contribution in [0.2, 0.25) is 20.1 Å². The first kappa shape index (κ1) is 28.9. The highest BCUT2D eigenvalue weighted by molar-refractivity contribution is 7.92. The molecule has 1 N–H and O–H groups in total. The summed E-state index contributed by atoms with van der Waals surface area (Å²) in [6.45, 7) is 0.975. The Kier molecular flexibility index (Phi) is 9.80. The minimum absolute atomic E-state index is 0.0328. The van der Waals surface area contributed by atoms with Crippen LogP contribution in [-0.4, -0.2) is 50.0 Å². The van der Waals surface area contributed by atoms with Crippen molar-refractivity contribution in [1.29, 1.82) is 0 Å². The second-order valence-electron chi connectivity index (χ2n) is 8.79. The third-order valence-corrected chi connectivity index (χ3v) is 8.35. The Labute approximate surface area is 231 Å². The van der Waals surface area contributed by atoms with Crippen LogP contribution in [0.25, 0.3) is 0 Å². The topological polar surface area (TPSA) is 86.8 Å². The van der Waals surface area contributed by atoms with Crippen LogP contribution in [0.15, 0.2) is 36.4 Å². The zero-order valence-corrected chi connectivity index (χ0v) is 23.6. The highest BCUT2D eigenvalue weighted by Crippen LogP contribution is 2.31. The van der Waals surface area contributed by atoms with E-state index in [1.54, 1.807) is 25.1 Å². The van der Waals surface area contributed by atoms with E-state index in [4.69, 9.17) is 46.4 Å². The molecule has 2 amide bonds. The number of rotatable bonds is 9. The Bertz CT molecular complexity index is 1240. The van der Waals surface area contributed by atoms with Crippen molar-refractivity contribution in [3.8, 4) is 0 Å². The van der Waals surface area contributed by atoms with Gasteiger partial charge in [-0.25, -0.2) is 8.42 Å². The fraction of sp³-hybridized carbons (Fsp3) is 0.417. The Balaban J connectivity index is 1.94. The van der Waals surface area contributed by atoms with Gasteiger partial charge in [-0.05, 0) is 55.7 Å².